The van der Waals surface area contributed by atoms with E-state index in [0.717, 1.165) is 16.7 Å². The Morgan fingerprint density at radius 2 is 2.16 bits per heavy atom. The van der Waals surface area contributed by atoms with Gasteiger partial charge in [-0.1, -0.05) is 11.6 Å². The summed E-state index contributed by atoms with van der Waals surface area (Å²) in [6.07, 6.45) is 3.91. The monoisotopic (exact) mass is 382 g/mol. The van der Waals surface area contributed by atoms with Gasteiger partial charge in [0.15, 0.2) is 5.15 Å². The van der Waals surface area contributed by atoms with Crippen molar-refractivity contribution in [2.24, 2.45) is 0 Å². The Morgan fingerprint density at radius 1 is 1.40 bits per heavy atom. The quantitative estimate of drug-likeness (QED) is 0.695. The van der Waals surface area contributed by atoms with Gasteiger partial charge in [-0.05, 0) is 36.6 Å². The van der Waals surface area contributed by atoms with Gasteiger partial charge in [0, 0.05) is 31.4 Å². The lowest BCUT2D eigenvalue weighted by atomic mass is 10.0. The normalized spacial score (nSPS) is 17.4. The van der Waals surface area contributed by atoms with E-state index in [9.17, 15) is 13.9 Å². The van der Waals surface area contributed by atoms with Crippen LogP contribution in [0.3, 0.4) is 0 Å². The first kappa shape index (κ1) is 17.9. The number of halogens is 1. The highest BCUT2D eigenvalue weighted by atomic mass is 35.5. The molecule has 0 unspecified atom stereocenters. The van der Waals surface area contributed by atoms with Gasteiger partial charge in [0.2, 0.25) is 5.91 Å². The van der Waals surface area contributed by atoms with Crippen LogP contribution in [0.25, 0.3) is 11.1 Å². The highest BCUT2D eigenvalue weighted by Crippen LogP contribution is 2.53. The minimum absolute atomic E-state index is 0.206. The number of nitrogens with one attached hydrogen (secondary N) is 1. The Bertz CT molecular complexity index is 831. The molecular weight excluding hydrogens is 364 g/mol. The average molecular weight is 383 g/mol. The maximum Gasteiger partial charge on any atom is 0.222 e. The molecular formula is C16H19ClN4O3S. The molecule has 2 aromatic heterocycles. The van der Waals surface area contributed by atoms with Crippen molar-refractivity contribution in [3.8, 4) is 11.1 Å². The summed E-state index contributed by atoms with van der Waals surface area (Å²) in [4.78, 5) is 19.6. The van der Waals surface area contributed by atoms with Crippen LogP contribution in [0.15, 0.2) is 24.5 Å². The first-order chi connectivity index (χ1) is 11.8. The molecule has 3 rings (SSSR count). The fourth-order valence-electron chi connectivity index (χ4n) is 2.91. The number of hydrogen-bond acceptors (Lipinski definition) is 6. The number of rotatable bonds is 3. The van der Waals surface area contributed by atoms with Crippen molar-refractivity contribution in [3.05, 3.63) is 35.2 Å². The topological polar surface area (TPSA) is 98.6 Å². The second kappa shape index (κ2) is 6.80. The van der Waals surface area contributed by atoms with Gasteiger partial charge in [-0.25, -0.2) is 9.97 Å². The van der Waals surface area contributed by atoms with Gasteiger partial charge in [-0.2, -0.15) is 0 Å². The molecule has 1 aliphatic rings. The predicted molar refractivity (Wildman–Crippen MR) is 101 cm³/mol. The molecule has 0 radical (unpaired) electrons. The second-order valence-electron chi connectivity index (χ2n) is 5.84. The van der Waals surface area contributed by atoms with Crippen molar-refractivity contribution in [3.63, 3.8) is 0 Å². The molecule has 0 aromatic carbocycles. The molecule has 25 heavy (non-hydrogen) atoms. The van der Waals surface area contributed by atoms with Gasteiger partial charge in [-0.3, -0.25) is 18.2 Å². The third-order valence-electron chi connectivity index (χ3n) is 4.02. The fourth-order valence-corrected chi connectivity index (χ4v) is 4.92. The van der Waals surface area contributed by atoms with Crippen molar-refractivity contribution in [2.45, 2.75) is 20.3 Å². The van der Waals surface area contributed by atoms with Crippen molar-refractivity contribution >= 4 is 39.8 Å². The lowest BCUT2D eigenvalue weighted by Crippen LogP contribution is -2.23. The molecule has 3 N–H and O–H groups in total. The van der Waals surface area contributed by atoms with Crippen LogP contribution in [0.4, 0.5) is 11.5 Å². The third kappa shape index (κ3) is 3.57. The summed E-state index contributed by atoms with van der Waals surface area (Å²) >= 11 is 6.27. The summed E-state index contributed by atoms with van der Waals surface area (Å²) in [6.45, 7) is 3.80. The van der Waals surface area contributed by atoms with E-state index in [-0.39, 0.29) is 11.1 Å². The largest absolute Gasteiger partial charge is 0.311 e. The van der Waals surface area contributed by atoms with Crippen LogP contribution in [0.2, 0.25) is 5.15 Å². The first-order valence-electron chi connectivity index (χ1n) is 7.72. The Labute approximate surface area is 152 Å². The van der Waals surface area contributed by atoms with Crippen LogP contribution in [-0.4, -0.2) is 37.3 Å². The summed E-state index contributed by atoms with van der Waals surface area (Å²) < 4.78 is 22.1. The third-order valence-corrected chi connectivity index (χ3v) is 6.20. The molecule has 0 bridgehead atoms. The molecule has 134 valence electrons. The van der Waals surface area contributed by atoms with Gasteiger partial charge in [0.1, 0.15) is 5.82 Å². The van der Waals surface area contributed by atoms with E-state index in [4.69, 9.17) is 11.6 Å². The summed E-state index contributed by atoms with van der Waals surface area (Å²) in [5.41, 5.74) is 2.92. The van der Waals surface area contributed by atoms with E-state index in [1.165, 1.54) is 6.92 Å². The van der Waals surface area contributed by atoms with Gasteiger partial charge < -0.3 is 5.32 Å². The molecule has 0 spiro atoms. The van der Waals surface area contributed by atoms with Crippen molar-refractivity contribution in [2.75, 3.05) is 21.9 Å². The van der Waals surface area contributed by atoms with Crippen LogP contribution >= 0.6 is 22.4 Å². The molecule has 3 heterocycles. The summed E-state index contributed by atoms with van der Waals surface area (Å²) in [5.74, 6) is 0.559. The van der Waals surface area contributed by atoms with E-state index in [1.807, 2.05) is 6.92 Å². The molecule has 7 nitrogen and oxygen atoms in total. The zero-order chi connectivity index (χ0) is 18.2. The van der Waals surface area contributed by atoms with Crippen LogP contribution < -0.4 is 9.62 Å². The Balaban J connectivity index is 2.07. The number of carbonyl (C=O) groups is 1. The molecule has 1 saturated heterocycles. The predicted octanol–water partition coefficient (Wildman–Crippen LogP) is 3.94. The Hall–Kier alpha value is -1.87. The Morgan fingerprint density at radius 3 is 2.80 bits per heavy atom. The molecule has 0 saturated carbocycles. The zero-order valence-electron chi connectivity index (χ0n) is 13.9. The molecule has 1 amide bonds. The molecule has 0 atom stereocenters. The number of aromatic nitrogens is 2. The lowest BCUT2D eigenvalue weighted by Gasteiger charge is -2.39. The summed E-state index contributed by atoms with van der Waals surface area (Å²) in [7, 11) is -2.87. The number of pyridine rings is 2. The maximum atomic E-state index is 11.2. The lowest BCUT2D eigenvalue weighted by molar-refractivity contribution is -0.114. The van der Waals surface area contributed by atoms with Gasteiger partial charge in [0.25, 0.3) is 0 Å². The zero-order valence-corrected chi connectivity index (χ0v) is 15.4. The number of hydrogen-bond donors (Lipinski definition) is 3. The Kier molecular flexibility index (Phi) is 4.88. The number of anilines is 2. The van der Waals surface area contributed by atoms with Gasteiger partial charge in [-0.15, -0.1) is 10.8 Å². The van der Waals surface area contributed by atoms with Gasteiger partial charge >= 0.3 is 0 Å². The average Bonchev–Trinajstić information content (AvgIpc) is 2.86. The standard InChI is InChI=1S/C16H19ClN4O3S/c1-10-13(12-4-5-18-14(8-12)20-11(2)22)9-19-16(17)15(10)21-6-3-7-25(21,23)24/h4-5,8-9,23-24H,3,6-7H2,1-2H3,(H,18,20,22). The van der Waals surface area contributed by atoms with E-state index in [0.29, 0.717) is 30.2 Å². The number of nitrogens with zero attached hydrogens (tertiary/aromatic N) is 3. The molecule has 2 aromatic rings. The highest BCUT2D eigenvalue weighted by Gasteiger charge is 2.32. The molecule has 1 aliphatic heterocycles. The van der Waals surface area contributed by atoms with Crippen LogP contribution in [0.5, 0.6) is 0 Å². The SMILES string of the molecule is CC(=O)Nc1cc(-c2cnc(Cl)c(N3CCCS3(O)O)c2C)ccn1. The molecule has 1 fully saturated rings. The van der Waals surface area contributed by atoms with Crippen LogP contribution in [0, 0.1) is 6.92 Å². The van der Waals surface area contributed by atoms with E-state index >= 15 is 0 Å². The highest BCUT2D eigenvalue weighted by molar-refractivity contribution is 8.25. The van der Waals surface area contributed by atoms with E-state index in [1.54, 1.807) is 28.8 Å². The maximum absolute atomic E-state index is 11.2. The van der Waals surface area contributed by atoms with E-state index in [2.05, 4.69) is 15.3 Å². The molecule has 0 aliphatic carbocycles. The second-order valence-corrected chi connectivity index (χ2v) is 8.31. The minimum atomic E-state index is -2.87. The fraction of sp³-hybridized carbons (Fsp3) is 0.312. The summed E-state index contributed by atoms with van der Waals surface area (Å²) in [5, 5.41) is 2.88. The van der Waals surface area contributed by atoms with Crippen LogP contribution in [0.1, 0.15) is 18.9 Å². The van der Waals surface area contributed by atoms with Crippen LogP contribution in [-0.2, 0) is 4.79 Å². The van der Waals surface area contributed by atoms with E-state index < -0.39 is 10.8 Å². The first-order valence-corrected chi connectivity index (χ1v) is 9.77. The number of amides is 1. The smallest absolute Gasteiger partial charge is 0.222 e. The van der Waals surface area contributed by atoms with Crippen molar-refractivity contribution < 1.29 is 13.9 Å². The molecule has 9 heteroatoms. The van der Waals surface area contributed by atoms with Crippen molar-refractivity contribution in [1.29, 1.82) is 0 Å². The van der Waals surface area contributed by atoms with Gasteiger partial charge in [0.05, 0.1) is 11.4 Å². The minimum Gasteiger partial charge on any atom is -0.311 e. The summed E-state index contributed by atoms with van der Waals surface area (Å²) in [6, 6.07) is 3.54. The number of carbonyl (C=O) groups excluding carboxylic acids is 1. The van der Waals surface area contributed by atoms with Crippen molar-refractivity contribution in [1.82, 2.24) is 9.97 Å².